The molecule has 1 atom stereocenters. The summed E-state index contributed by atoms with van der Waals surface area (Å²) in [6.45, 7) is 0. The van der Waals surface area contributed by atoms with Gasteiger partial charge in [0.05, 0.1) is 13.2 Å². The summed E-state index contributed by atoms with van der Waals surface area (Å²) in [5.74, 6) is 0.812. The van der Waals surface area contributed by atoms with Gasteiger partial charge in [-0.2, -0.15) is 0 Å². The van der Waals surface area contributed by atoms with Crippen molar-refractivity contribution in [3.8, 4) is 5.75 Å². The van der Waals surface area contributed by atoms with E-state index < -0.39 is 0 Å². The molecule has 3 nitrogen and oxygen atoms in total. The standard InChI is InChI=1S/C13H14N2O/c1-16-12-5-3-2-4-11(12)13(14)10-6-8-15-9-7-10/h2-9,13H,14H2,1H3/t13-/m0/s1. The summed E-state index contributed by atoms with van der Waals surface area (Å²) in [5, 5.41) is 0. The van der Waals surface area contributed by atoms with E-state index in [1.165, 1.54) is 0 Å². The minimum absolute atomic E-state index is 0.181. The van der Waals surface area contributed by atoms with Gasteiger partial charge in [-0.25, -0.2) is 0 Å². The van der Waals surface area contributed by atoms with Gasteiger partial charge in [0.2, 0.25) is 0 Å². The Bertz CT molecular complexity index is 456. The van der Waals surface area contributed by atoms with Gasteiger partial charge in [0.15, 0.2) is 0 Å². The summed E-state index contributed by atoms with van der Waals surface area (Å²) < 4.78 is 5.29. The molecule has 0 fully saturated rings. The molecule has 3 heteroatoms. The molecular weight excluding hydrogens is 200 g/mol. The topological polar surface area (TPSA) is 48.1 Å². The molecule has 16 heavy (non-hydrogen) atoms. The molecule has 0 amide bonds. The highest BCUT2D eigenvalue weighted by Gasteiger charge is 2.12. The number of para-hydroxylation sites is 1. The molecule has 0 unspecified atom stereocenters. The highest BCUT2D eigenvalue weighted by atomic mass is 16.5. The van der Waals surface area contributed by atoms with Crippen molar-refractivity contribution in [3.05, 3.63) is 59.9 Å². The van der Waals surface area contributed by atoms with Gasteiger partial charge in [-0.05, 0) is 23.8 Å². The van der Waals surface area contributed by atoms with Crippen molar-refractivity contribution in [2.45, 2.75) is 6.04 Å². The van der Waals surface area contributed by atoms with Crippen LogP contribution in [0.4, 0.5) is 0 Å². The Kier molecular flexibility index (Phi) is 3.17. The lowest BCUT2D eigenvalue weighted by Crippen LogP contribution is -2.12. The molecule has 2 rings (SSSR count). The summed E-state index contributed by atoms with van der Waals surface area (Å²) in [5.41, 5.74) is 8.19. The zero-order valence-corrected chi connectivity index (χ0v) is 9.13. The maximum absolute atomic E-state index is 6.18. The first-order valence-corrected chi connectivity index (χ1v) is 5.11. The highest BCUT2D eigenvalue weighted by molar-refractivity contribution is 5.40. The van der Waals surface area contributed by atoms with Gasteiger partial charge < -0.3 is 10.5 Å². The lowest BCUT2D eigenvalue weighted by molar-refractivity contribution is 0.408. The molecule has 1 heterocycles. The van der Waals surface area contributed by atoms with E-state index in [0.29, 0.717) is 0 Å². The van der Waals surface area contributed by atoms with Gasteiger partial charge in [-0.1, -0.05) is 18.2 Å². The molecule has 1 aromatic heterocycles. The number of hydrogen-bond acceptors (Lipinski definition) is 3. The number of pyridine rings is 1. The zero-order valence-electron chi connectivity index (χ0n) is 9.13. The highest BCUT2D eigenvalue weighted by Crippen LogP contribution is 2.27. The third-order valence-electron chi connectivity index (χ3n) is 2.54. The second kappa shape index (κ2) is 4.77. The van der Waals surface area contributed by atoms with Crippen molar-refractivity contribution in [3.63, 3.8) is 0 Å². The van der Waals surface area contributed by atoms with Gasteiger partial charge in [0, 0.05) is 18.0 Å². The fraction of sp³-hybridized carbons (Fsp3) is 0.154. The fourth-order valence-corrected chi connectivity index (χ4v) is 1.67. The quantitative estimate of drug-likeness (QED) is 0.851. The largest absolute Gasteiger partial charge is 0.496 e. The molecule has 1 aromatic carbocycles. The van der Waals surface area contributed by atoms with Crippen molar-refractivity contribution >= 4 is 0 Å². The summed E-state index contributed by atoms with van der Waals surface area (Å²) in [6.07, 6.45) is 3.48. The Hall–Kier alpha value is -1.87. The number of benzene rings is 1. The summed E-state index contributed by atoms with van der Waals surface area (Å²) >= 11 is 0. The second-order valence-corrected chi connectivity index (χ2v) is 3.50. The van der Waals surface area contributed by atoms with E-state index in [1.54, 1.807) is 19.5 Å². The predicted octanol–water partition coefficient (Wildman–Crippen LogP) is 2.14. The van der Waals surface area contributed by atoms with Gasteiger partial charge in [-0.15, -0.1) is 0 Å². The van der Waals surface area contributed by atoms with Crippen molar-refractivity contribution < 1.29 is 4.74 Å². The number of nitrogens with zero attached hydrogens (tertiary/aromatic N) is 1. The Morgan fingerprint density at radius 3 is 2.50 bits per heavy atom. The number of hydrogen-bond donors (Lipinski definition) is 1. The molecule has 0 aliphatic carbocycles. The van der Waals surface area contributed by atoms with Crippen LogP contribution in [0.2, 0.25) is 0 Å². The molecule has 0 aliphatic heterocycles. The second-order valence-electron chi connectivity index (χ2n) is 3.50. The van der Waals surface area contributed by atoms with Crippen LogP contribution in [0, 0.1) is 0 Å². The average molecular weight is 214 g/mol. The zero-order chi connectivity index (χ0) is 11.4. The van der Waals surface area contributed by atoms with Crippen LogP contribution in [0.25, 0.3) is 0 Å². The molecule has 0 saturated heterocycles. The first kappa shape index (κ1) is 10.6. The number of rotatable bonds is 3. The van der Waals surface area contributed by atoms with Crippen LogP contribution in [-0.4, -0.2) is 12.1 Å². The summed E-state index contributed by atoms with van der Waals surface area (Å²) in [7, 11) is 1.65. The van der Waals surface area contributed by atoms with E-state index in [9.17, 15) is 0 Å². The van der Waals surface area contributed by atoms with Crippen LogP contribution in [0.5, 0.6) is 5.75 Å². The number of aromatic nitrogens is 1. The van der Waals surface area contributed by atoms with E-state index in [-0.39, 0.29) is 6.04 Å². The Balaban J connectivity index is 2.37. The van der Waals surface area contributed by atoms with Gasteiger partial charge >= 0.3 is 0 Å². The van der Waals surface area contributed by atoms with E-state index >= 15 is 0 Å². The molecular formula is C13H14N2O. The van der Waals surface area contributed by atoms with Crippen molar-refractivity contribution in [1.29, 1.82) is 0 Å². The van der Waals surface area contributed by atoms with Crippen molar-refractivity contribution in [2.24, 2.45) is 5.73 Å². The van der Waals surface area contributed by atoms with Crippen molar-refractivity contribution in [2.75, 3.05) is 7.11 Å². The van der Waals surface area contributed by atoms with Crippen LogP contribution < -0.4 is 10.5 Å². The molecule has 82 valence electrons. The van der Waals surface area contributed by atoms with Crippen molar-refractivity contribution in [1.82, 2.24) is 4.98 Å². The third kappa shape index (κ3) is 2.04. The number of ether oxygens (including phenoxy) is 1. The van der Waals surface area contributed by atoms with E-state index in [0.717, 1.165) is 16.9 Å². The first-order chi connectivity index (χ1) is 7.83. The Morgan fingerprint density at radius 1 is 1.12 bits per heavy atom. The minimum Gasteiger partial charge on any atom is -0.496 e. The van der Waals surface area contributed by atoms with Crippen LogP contribution in [-0.2, 0) is 0 Å². The normalized spacial score (nSPS) is 12.1. The lowest BCUT2D eigenvalue weighted by Gasteiger charge is -2.15. The van der Waals surface area contributed by atoms with E-state index in [4.69, 9.17) is 10.5 Å². The Labute approximate surface area is 94.9 Å². The van der Waals surface area contributed by atoms with Gasteiger partial charge in [-0.3, -0.25) is 4.98 Å². The third-order valence-corrected chi connectivity index (χ3v) is 2.54. The van der Waals surface area contributed by atoms with Crippen LogP contribution in [0.15, 0.2) is 48.8 Å². The smallest absolute Gasteiger partial charge is 0.123 e. The summed E-state index contributed by atoms with van der Waals surface area (Å²) in [4.78, 5) is 3.98. The molecule has 0 aliphatic rings. The monoisotopic (exact) mass is 214 g/mol. The SMILES string of the molecule is COc1ccccc1[C@@H](N)c1ccncc1. The molecule has 0 radical (unpaired) electrons. The summed E-state index contributed by atoms with van der Waals surface area (Å²) in [6, 6.07) is 11.4. The number of methoxy groups -OCH3 is 1. The molecule has 0 bridgehead atoms. The lowest BCUT2D eigenvalue weighted by atomic mass is 10.00. The molecule has 0 saturated carbocycles. The molecule has 2 aromatic rings. The fourth-order valence-electron chi connectivity index (χ4n) is 1.67. The van der Waals surface area contributed by atoms with E-state index in [2.05, 4.69) is 4.98 Å². The maximum Gasteiger partial charge on any atom is 0.123 e. The molecule has 0 spiro atoms. The Morgan fingerprint density at radius 2 is 1.81 bits per heavy atom. The van der Waals surface area contributed by atoms with E-state index in [1.807, 2.05) is 36.4 Å². The maximum atomic E-state index is 6.18. The minimum atomic E-state index is -0.181. The first-order valence-electron chi connectivity index (χ1n) is 5.11. The van der Waals surface area contributed by atoms with Gasteiger partial charge in [0.25, 0.3) is 0 Å². The van der Waals surface area contributed by atoms with Crippen LogP contribution >= 0.6 is 0 Å². The van der Waals surface area contributed by atoms with Gasteiger partial charge in [0.1, 0.15) is 5.75 Å². The average Bonchev–Trinajstić information content (AvgIpc) is 2.39. The predicted molar refractivity (Wildman–Crippen MR) is 63.3 cm³/mol. The van der Waals surface area contributed by atoms with Crippen LogP contribution in [0.1, 0.15) is 17.2 Å². The van der Waals surface area contributed by atoms with Crippen LogP contribution in [0.3, 0.4) is 0 Å². The molecule has 2 N–H and O–H groups in total. The number of nitrogens with two attached hydrogens (primary N) is 1.